The molecule has 1 aromatic rings. The molecule has 0 spiro atoms. The first-order chi connectivity index (χ1) is 8.90. The van der Waals surface area contributed by atoms with Gasteiger partial charge in [-0.15, -0.1) is 0 Å². The van der Waals surface area contributed by atoms with Crippen molar-refractivity contribution in [1.82, 2.24) is 5.32 Å². The van der Waals surface area contributed by atoms with Crippen LogP contribution in [-0.4, -0.2) is 24.3 Å². The Kier molecular flexibility index (Phi) is 5.83. The lowest BCUT2D eigenvalue weighted by molar-refractivity contribution is 0.129. The van der Waals surface area contributed by atoms with Crippen LogP contribution in [0.25, 0.3) is 0 Å². The van der Waals surface area contributed by atoms with E-state index in [2.05, 4.69) is 19.2 Å². The second kappa shape index (κ2) is 6.92. The van der Waals surface area contributed by atoms with Gasteiger partial charge in [-0.2, -0.15) is 0 Å². The number of aliphatic hydroxyl groups is 1. The van der Waals surface area contributed by atoms with Gasteiger partial charge in [-0.3, -0.25) is 0 Å². The van der Waals surface area contributed by atoms with Gasteiger partial charge in [-0.25, -0.2) is 0 Å². The summed E-state index contributed by atoms with van der Waals surface area (Å²) in [5.74, 6) is 0.841. The molecule has 0 amide bonds. The van der Waals surface area contributed by atoms with Gasteiger partial charge in [0.1, 0.15) is 5.75 Å². The second-order valence-corrected chi connectivity index (χ2v) is 5.38. The maximum Gasteiger partial charge on any atom is 0.119 e. The fourth-order valence-electron chi connectivity index (χ4n) is 2.43. The first-order valence-corrected chi connectivity index (χ1v) is 6.99. The van der Waals surface area contributed by atoms with Crippen LogP contribution < -0.4 is 10.1 Å². The van der Waals surface area contributed by atoms with Crippen LogP contribution in [0.3, 0.4) is 0 Å². The van der Waals surface area contributed by atoms with Crippen molar-refractivity contribution in [2.24, 2.45) is 0 Å². The predicted molar refractivity (Wildman–Crippen MR) is 79.8 cm³/mol. The molecule has 3 atom stereocenters. The van der Waals surface area contributed by atoms with Gasteiger partial charge in [-0.1, -0.05) is 6.92 Å². The molecule has 0 heterocycles. The van der Waals surface area contributed by atoms with E-state index in [1.807, 2.05) is 32.9 Å². The van der Waals surface area contributed by atoms with E-state index in [9.17, 15) is 5.11 Å². The predicted octanol–water partition coefficient (Wildman–Crippen LogP) is 3.12. The minimum Gasteiger partial charge on any atom is -0.497 e. The molecular formula is C16H27NO2. The molecule has 1 aromatic carbocycles. The lowest BCUT2D eigenvalue weighted by Gasteiger charge is -2.26. The molecule has 2 N–H and O–H groups in total. The van der Waals surface area contributed by atoms with Gasteiger partial charge in [0, 0.05) is 12.1 Å². The van der Waals surface area contributed by atoms with Crippen LogP contribution in [0.1, 0.15) is 50.0 Å². The van der Waals surface area contributed by atoms with E-state index in [4.69, 9.17) is 4.74 Å². The number of aliphatic hydroxyl groups excluding tert-OH is 1. The maximum atomic E-state index is 10.6. The minimum absolute atomic E-state index is 0.0285. The van der Waals surface area contributed by atoms with Crippen LogP contribution in [-0.2, 0) is 0 Å². The highest BCUT2D eigenvalue weighted by atomic mass is 16.5. The molecular weight excluding hydrogens is 238 g/mol. The molecule has 19 heavy (non-hydrogen) atoms. The van der Waals surface area contributed by atoms with E-state index in [0.717, 1.165) is 28.9 Å². The van der Waals surface area contributed by atoms with Gasteiger partial charge >= 0.3 is 0 Å². The van der Waals surface area contributed by atoms with Crippen molar-refractivity contribution < 1.29 is 9.84 Å². The standard InChI is InChI=1S/C16H27NO2/c1-7-12(4)17-13(5)16(18)15-10(2)8-14(19-6)9-11(15)3/h8-9,12-13,16-18H,7H2,1-6H3. The summed E-state index contributed by atoms with van der Waals surface area (Å²) in [6.07, 6.45) is 0.553. The lowest BCUT2D eigenvalue weighted by atomic mass is 9.93. The number of benzene rings is 1. The van der Waals surface area contributed by atoms with Gasteiger partial charge in [0.25, 0.3) is 0 Å². The summed E-state index contributed by atoms with van der Waals surface area (Å²) in [6, 6.07) is 4.38. The Morgan fingerprint density at radius 2 is 1.74 bits per heavy atom. The molecule has 0 saturated carbocycles. The first-order valence-electron chi connectivity index (χ1n) is 6.99. The maximum absolute atomic E-state index is 10.6. The van der Waals surface area contributed by atoms with Crippen LogP contribution in [0.2, 0.25) is 0 Å². The molecule has 108 valence electrons. The molecule has 3 nitrogen and oxygen atoms in total. The van der Waals surface area contributed by atoms with Gasteiger partial charge in [0.15, 0.2) is 0 Å². The Labute approximate surface area is 117 Å². The largest absolute Gasteiger partial charge is 0.497 e. The second-order valence-electron chi connectivity index (χ2n) is 5.38. The molecule has 0 aliphatic heterocycles. The van der Waals surface area contributed by atoms with Gasteiger partial charge in [0.2, 0.25) is 0 Å². The third-order valence-corrected chi connectivity index (χ3v) is 3.73. The molecule has 3 unspecified atom stereocenters. The Bertz CT molecular complexity index is 394. The minimum atomic E-state index is -0.500. The number of ether oxygens (including phenoxy) is 1. The van der Waals surface area contributed by atoms with Crippen molar-refractivity contribution in [3.8, 4) is 5.75 Å². The lowest BCUT2D eigenvalue weighted by Crippen LogP contribution is -2.38. The quantitative estimate of drug-likeness (QED) is 0.830. The zero-order valence-electron chi connectivity index (χ0n) is 12.9. The van der Waals surface area contributed by atoms with Crippen molar-refractivity contribution in [2.45, 2.75) is 59.2 Å². The summed E-state index contributed by atoms with van der Waals surface area (Å²) in [7, 11) is 1.66. The first kappa shape index (κ1) is 16.0. The van der Waals surface area contributed by atoms with Crippen molar-refractivity contribution in [3.63, 3.8) is 0 Å². The summed E-state index contributed by atoms with van der Waals surface area (Å²) < 4.78 is 5.26. The zero-order chi connectivity index (χ0) is 14.6. The Morgan fingerprint density at radius 3 is 2.16 bits per heavy atom. The molecule has 0 radical (unpaired) electrons. The monoisotopic (exact) mass is 265 g/mol. The summed E-state index contributed by atoms with van der Waals surface area (Å²) in [5.41, 5.74) is 3.15. The summed E-state index contributed by atoms with van der Waals surface area (Å²) in [5, 5.41) is 14.0. The van der Waals surface area contributed by atoms with E-state index >= 15 is 0 Å². The van der Waals surface area contributed by atoms with Crippen LogP contribution in [0.5, 0.6) is 5.75 Å². The molecule has 0 aliphatic rings. The Morgan fingerprint density at radius 1 is 1.21 bits per heavy atom. The van der Waals surface area contributed by atoms with Gasteiger partial charge in [-0.05, 0) is 62.9 Å². The van der Waals surface area contributed by atoms with Crippen molar-refractivity contribution in [3.05, 3.63) is 28.8 Å². The molecule has 1 rings (SSSR count). The number of rotatable bonds is 6. The highest BCUT2D eigenvalue weighted by Crippen LogP contribution is 2.28. The smallest absolute Gasteiger partial charge is 0.119 e. The van der Waals surface area contributed by atoms with E-state index in [-0.39, 0.29) is 6.04 Å². The third-order valence-electron chi connectivity index (χ3n) is 3.73. The van der Waals surface area contributed by atoms with Crippen LogP contribution >= 0.6 is 0 Å². The SMILES string of the molecule is CCC(C)NC(C)C(O)c1c(C)cc(OC)cc1C. The molecule has 0 aromatic heterocycles. The molecule has 3 heteroatoms. The summed E-state index contributed by atoms with van der Waals surface area (Å²) in [4.78, 5) is 0. The van der Waals surface area contributed by atoms with Gasteiger partial charge in [0.05, 0.1) is 13.2 Å². The fraction of sp³-hybridized carbons (Fsp3) is 0.625. The topological polar surface area (TPSA) is 41.5 Å². The average molecular weight is 265 g/mol. The third kappa shape index (κ3) is 3.95. The number of nitrogens with one attached hydrogen (secondary N) is 1. The van der Waals surface area contributed by atoms with E-state index in [1.54, 1.807) is 7.11 Å². The number of hydrogen-bond acceptors (Lipinski definition) is 3. The Balaban J connectivity index is 2.96. The van der Waals surface area contributed by atoms with E-state index in [0.29, 0.717) is 6.04 Å². The normalized spacial score (nSPS) is 15.9. The Hall–Kier alpha value is -1.06. The van der Waals surface area contributed by atoms with Crippen LogP contribution in [0, 0.1) is 13.8 Å². The highest BCUT2D eigenvalue weighted by molar-refractivity contribution is 5.42. The molecule has 0 aliphatic carbocycles. The van der Waals surface area contributed by atoms with Crippen LogP contribution in [0.15, 0.2) is 12.1 Å². The van der Waals surface area contributed by atoms with E-state index in [1.165, 1.54) is 0 Å². The van der Waals surface area contributed by atoms with Crippen molar-refractivity contribution >= 4 is 0 Å². The average Bonchev–Trinajstić information content (AvgIpc) is 2.37. The highest BCUT2D eigenvalue weighted by Gasteiger charge is 2.21. The van der Waals surface area contributed by atoms with Gasteiger partial charge < -0.3 is 15.2 Å². The molecule has 0 saturated heterocycles. The summed E-state index contributed by atoms with van der Waals surface area (Å²) >= 11 is 0. The fourth-order valence-corrected chi connectivity index (χ4v) is 2.43. The molecule has 0 bridgehead atoms. The number of methoxy groups -OCH3 is 1. The van der Waals surface area contributed by atoms with E-state index < -0.39 is 6.10 Å². The zero-order valence-corrected chi connectivity index (χ0v) is 12.9. The van der Waals surface area contributed by atoms with Crippen LogP contribution in [0.4, 0.5) is 0 Å². The summed E-state index contributed by atoms with van der Waals surface area (Å²) in [6.45, 7) is 10.3. The van der Waals surface area contributed by atoms with Crippen molar-refractivity contribution in [1.29, 1.82) is 0 Å². The number of hydrogen-bond donors (Lipinski definition) is 2. The van der Waals surface area contributed by atoms with Crippen molar-refractivity contribution in [2.75, 3.05) is 7.11 Å². The number of aryl methyl sites for hydroxylation is 2. The molecule has 0 fully saturated rings.